The number of aryl methyl sites for hydroxylation is 1. The SMILES string of the molecule is Cn1cc2c(c1C(=O)Nc1ccc(F)c(C#N)c1)CC[C@H](Cc1ccccc1)NS2(=N)=O. The van der Waals surface area contributed by atoms with Crippen molar-refractivity contribution >= 4 is 21.5 Å². The van der Waals surface area contributed by atoms with Crippen molar-refractivity contribution in [3.8, 4) is 6.07 Å². The van der Waals surface area contributed by atoms with Gasteiger partial charge in [-0.05, 0) is 43.0 Å². The number of amides is 1. The Bertz CT molecular complexity index is 1330. The van der Waals surface area contributed by atoms with Crippen LogP contribution in [0.5, 0.6) is 0 Å². The zero-order chi connectivity index (χ0) is 22.9. The van der Waals surface area contributed by atoms with Crippen LogP contribution in [0.3, 0.4) is 0 Å². The molecule has 0 spiro atoms. The largest absolute Gasteiger partial charge is 0.345 e. The smallest absolute Gasteiger partial charge is 0.272 e. The molecule has 1 aliphatic rings. The molecule has 1 aromatic heterocycles. The van der Waals surface area contributed by atoms with E-state index in [2.05, 4.69) is 10.0 Å². The third-order valence-electron chi connectivity index (χ3n) is 5.52. The fourth-order valence-electron chi connectivity index (χ4n) is 4.03. The summed E-state index contributed by atoms with van der Waals surface area (Å²) < 4.78 is 39.9. The van der Waals surface area contributed by atoms with Gasteiger partial charge in [-0.2, -0.15) is 5.26 Å². The van der Waals surface area contributed by atoms with E-state index in [4.69, 9.17) is 10.0 Å². The molecule has 1 unspecified atom stereocenters. The Morgan fingerprint density at radius 1 is 1.34 bits per heavy atom. The number of nitrogens with zero attached hydrogens (tertiary/aromatic N) is 2. The Hall–Kier alpha value is -3.48. The second-order valence-electron chi connectivity index (χ2n) is 7.79. The molecule has 3 N–H and O–H groups in total. The lowest BCUT2D eigenvalue weighted by molar-refractivity contribution is 0.101. The standard InChI is InChI=1S/C23H22FN5O2S/c1-29-14-21-19(22(29)23(30)27-17-8-10-20(24)16(12-17)13-25)9-7-18(28-32(21,26)31)11-15-5-3-2-4-6-15/h2-6,8,10,12,14,18H,7,9,11H2,1H3,(H,27,30)(H2,26,28,31)/t18-,32?/m1/s1. The minimum Gasteiger partial charge on any atom is -0.345 e. The zero-order valence-electron chi connectivity index (χ0n) is 17.4. The van der Waals surface area contributed by atoms with Gasteiger partial charge in [-0.25, -0.2) is 18.1 Å². The van der Waals surface area contributed by atoms with Crippen LogP contribution in [0.4, 0.5) is 10.1 Å². The normalized spacial score (nSPS) is 20.1. The van der Waals surface area contributed by atoms with Crippen LogP contribution in [-0.4, -0.2) is 20.7 Å². The van der Waals surface area contributed by atoms with Gasteiger partial charge in [-0.1, -0.05) is 30.3 Å². The summed E-state index contributed by atoms with van der Waals surface area (Å²) in [6.07, 6.45) is 3.27. The number of aromatic nitrogens is 1. The van der Waals surface area contributed by atoms with E-state index in [9.17, 15) is 13.4 Å². The third-order valence-corrected chi connectivity index (χ3v) is 7.15. The third kappa shape index (κ3) is 4.28. The lowest BCUT2D eigenvalue weighted by Gasteiger charge is -2.17. The van der Waals surface area contributed by atoms with Crippen LogP contribution in [0, 0.1) is 21.9 Å². The summed E-state index contributed by atoms with van der Waals surface area (Å²) >= 11 is 0. The summed E-state index contributed by atoms with van der Waals surface area (Å²) in [6.45, 7) is 0. The van der Waals surface area contributed by atoms with E-state index < -0.39 is 21.6 Å². The first-order valence-electron chi connectivity index (χ1n) is 10.1. The Balaban J connectivity index is 1.62. The fourth-order valence-corrected chi connectivity index (χ4v) is 5.68. The quantitative estimate of drug-likeness (QED) is 0.562. The van der Waals surface area contributed by atoms with Crippen LogP contribution in [0.2, 0.25) is 0 Å². The first-order valence-corrected chi connectivity index (χ1v) is 11.6. The Morgan fingerprint density at radius 2 is 2.09 bits per heavy atom. The van der Waals surface area contributed by atoms with Crippen LogP contribution in [0.25, 0.3) is 0 Å². The summed E-state index contributed by atoms with van der Waals surface area (Å²) in [6, 6.07) is 15.1. The molecule has 1 aliphatic heterocycles. The number of benzene rings is 2. The summed E-state index contributed by atoms with van der Waals surface area (Å²) in [5.41, 5.74) is 2.05. The van der Waals surface area contributed by atoms with Crippen LogP contribution in [0.15, 0.2) is 59.6 Å². The molecule has 1 amide bonds. The monoisotopic (exact) mass is 451 g/mol. The maximum absolute atomic E-state index is 13.6. The van der Waals surface area contributed by atoms with E-state index in [1.165, 1.54) is 12.1 Å². The van der Waals surface area contributed by atoms with Gasteiger partial charge >= 0.3 is 0 Å². The Labute approximate surface area is 186 Å². The number of carbonyl (C=O) groups excluding carboxylic acids is 1. The van der Waals surface area contributed by atoms with Gasteiger partial charge in [0.25, 0.3) is 5.91 Å². The molecule has 2 heterocycles. The number of hydrogen-bond donors (Lipinski definition) is 3. The molecule has 0 radical (unpaired) electrons. The van der Waals surface area contributed by atoms with Crippen LogP contribution in [0.1, 0.15) is 33.6 Å². The molecule has 32 heavy (non-hydrogen) atoms. The van der Waals surface area contributed by atoms with Gasteiger partial charge in [0.2, 0.25) is 0 Å². The minimum atomic E-state index is -3.32. The van der Waals surface area contributed by atoms with Gasteiger partial charge in [0.05, 0.1) is 10.5 Å². The second-order valence-corrected chi connectivity index (χ2v) is 9.58. The molecule has 164 valence electrons. The highest BCUT2D eigenvalue weighted by Gasteiger charge is 2.31. The lowest BCUT2D eigenvalue weighted by atomic mass is 9.99. The first-order chi connectivity index (χ1) is 15.3. The van der Waals surface area contributed by atoms with Gasteiger partial charge in [0.15, 0.2) is 0 Å². The van der Waals surface area contributed by atoms with Crippen molar-refractivity contribution in [2.75, 3.05) is 5.32 Å². The molecule has 0 fully saturated rings. The maximum atomic E-state index is 13.6. The van der Waals surface area contributed by atoms with E-state index in [0.29, 0.717) is 35.4 Å². The fraction of sp³-hybridized carbons (Fsp3) is 0.217. The minimum absolute atomic E-state index is 0.171. The molecular formula is C23H22FN5O2S. The predicted molar refractivity (Wildman–Crippen MR) is 119 cm³/mol. The van der Waals surface area contributed by atoms with Gasteiger partial charge in [0, 0.05) is 30.5 Å². The van der Waals surface area contributed by atoms with Crippen LogP contribution >= 0.6 is 0 Å². The molecule has 2 aromatic carbocycles. The highest BCUT2D eigenvalue weighted by molar-refractivity contribution is 7.90. The van der Waals surface area contributed by atoms with Crippen LogP contribution in [-0.2, 0) is 29.8 Å². The molecule has 0 saturated carbocycles. The molecule has 4 rings (SSSR count). The summed E-state index contributed by atoms with van der Waals surface area (Å²) in [4.78, 5) is 13.4. The van der Waals surface area contributed by atoms with Crippen molar-refractivity contribution in [3.05, 3.63) is 82.9 Å². The van der Waals surface area contributed by atoms with Crippen molar-refractivity contribution in [1.82, 2.24) is 9.29 Å². The van der Waals surface area contributed by atoms with E-state index in [0.717, 1.165) is 11.6 Å². The number of rotatable bonds is 4. The van der Waals surface area contributed by atoms with Gasteiger partial charge < -0.3 is 9.88 Å². The first kappa shape index (κ1) is 21.7. The molecule has 3 aromatic rings. The highest BCUT2D eigenvalue weighted by atomic mass is 32.2. The summed E-state index contributed by atoms with van der Waals surface area (Å²) in [7, 11) is -1.66. The van der Waals surface area contributed by atoms with E-state index in [-0.39, 0.29) is 17.3 Å². The molecule has 0 saturated heterocycles. The number of nitriles is 1. The van der Waals surface area contributed by atoms with Gasteiger partial charge in [0.1, 0.15) is 27.5 Å². The van der Waals surface area contributed by atoms with Crippen molar-refractivity contribution in [1.29, 1.82) is 10.0 Å². The molecule has 9 heteroatoms. The molecule has 2 atom stereocenters. The number of halogens is 1. The molecule has 0 bridgehead atoms. The molecule has 0 aliphatic carbocycles. The van der Waals surface area contributed by atoms with Gasteiger partial charge in [-0.3, -0.25) is 4.79 Å². The maximum Gasteiger partial charge on any atom is 0.272 e. The summed E-state index contributed by atoms with van der Waals surface area (Å²) in [5.74, 6) is -1.14. The van der Waals surface area contributed by atoms with Crippen molar-refractivity contribution < 1.29 is 13.4 Å². The van der Waals surface area contributed by atoms with E-state index in [1.807, 2.05) is 30.3 Å². The van der Waals surface area contributed by atoms with Crippen LogP contribution < -0.4 is 10.0 Å². The Kier molecular flexibility index (Phi) is 5.82. The van der Waals surface area contributed by atoms with E-state index >= 15 is 0 Å². The Morgan fingerprint density at radius 3 is 2.81 bits per heavy atom. The predicted octanol–water partition coefficient (Wildman–Crippen LogP) is 3.76. The number of anilines is 1. The number of hydrogen-bond acceptors (Lipinski definition) is 4. The number of carbonyl (C=O) groups is 1. The highest BCUT2D eigenvalue weighted by Crippen LogP contribution is 2.29. The van der Waals surface area contributed by atoms with Crippen molar-refractivity contribution in [2.45, 2.75) is 30.2 Å². The average Bonchev–Trinajstić information content (AvgIpc) is 3.05. The topological polar surface area (TPSA) is 111 Å². The van der Waals surface area contributed by atoms with Crippen molar-refractivity contribution in [3.63, 3.8) is 0 Å². The molecular weight excluding hydrogens is 429 g/mol. The average molecular weight is 452 g/mol. The lowest BCUT2D eigenvalue weighted by Crippen LogP contribution is -2.34. The van der Waals surface area contributed by atoms with Gasteiger partial charge in [-0.15, -0.1) is 0 Å². The number of nitrogens with one attached hydrogen (secondary N) is 3. The van der Waals surface area contributed by atoms with E-state index in [1.54, 1.807) is 23.9 Å². The second kappa shape index (κ2) is 8.57. The number of fused-ring (bicyclic) bond motifs is 1. The van der Waals surface area contributed by atoms with Crippen molar-refractivity contribution in [2.24, 2.45) is 7.05 Å². The molecule has 7 nitrogen and oxygen atoms in total. The zero-order valence-corrected chi connectivity index (χ0v) is 18.2. The summed E-state index contributed by atoms with van der Waals surface area (Å²) in [5, 5.41) is 11.7.